The average Bonchev–Trinajstić information content (AvgIpc) is 2.92. The van der Waals surface area contributed by atoms with Crippen molar-refractivity contribution in [2.45, 2.75) is 0 Å². The highest BCUT2D eigenvalue weighted by atomic mass is 79.9. The summed E-state index contributed by atoms with van der Waals surface area (Å²) >= 11 is 5.07. The Balaban J connectivity index is 2.09. The average molecular weight is 366 g/mol. The van der Waals surface area contributed by atoms with Gasteiger partial charge in [0, 0.05) is 20.1 Å². The Hall–Kier alpha value is -2.29. The zero-order valence-electron chi connectivity index (χ0n) is 11.2. The first kappa shape index (κ1) is 13.4. The van der Waals surface area contributed by atoms with Gasteiger partial charge in [-0.25, -0.2) is 9.97 Å². The van der Waals surface area contributed by atoms with Crippen LogP contribution in [-0.4, -0.2) is 9.97 Å². The van der Waals surface area contributed by atoms with Crippen molar-refractivity contribution in [2.75, 3.05) is 0 Å². The molecule has 4 rings (SSSR count). The zero-order valence-corrected chi connectivity index (χ0v) is 13.6. The lowest BCUT2D eigenvalue weighted by Crippen LogP contribution is -1.93. The summed E-state index contributed by atoms with van der Waals surface area (Å²) < 4.78 is 2.09. The molecule has 0 saturated carbocycles. The van der Waals surface area contributed by atoms with Crippen molar-refractivity contribution in [1.29, 1.82) is 5.26 Å². The third kappa shape index (κ3) is 2.08. The normalized spacial score (nSPS) is 10.9. The van der Waals surface area contributed by atoms with E-state index in [2.05, 4.69) is 32.0 Å². The summed E-state index contributed by atoms with van der Waals surface area (Å²) in [4.78, 5) is 9.97. The summed E-state index contributed by atoms with van der Waals surface area (Å²) in [5.74, 6) is 0.593. The van der Waals surface area contributed by atoms with Crippen LogP contribution < -0.4 is 0 Å². The molecule has 0 atom stereocenters. The summed E-state index contributed by atoms with van der Waals surface area (Å²) in [5, 5.41) is 11.4. The van der Waals surface area contributed by atoms with Crippen LogP contribution in [0.4, 0.5) is 0 Å². The summed E-state index contributed by atoms with van der Waals surface area (Å²) in [5.41, 5.74) is 1.34. The Morgan fingerprint density at radius 1 is 1.05 bits per heavy atom. The topological polar surface area (TPSA) is 49.6 Å². The minimum Gasteiger partial charge on any atom is -0.217 e. The predicted octanol–water partition coefficient (Wildman–Crippen LogP) is 5.15. The maximum Gasteiger partial charge on any atom is 0.162 e. The number of aromatic nitrogens is 2. The van der Waals surface area contributed by atoms with E-state index in [1.165, 1.54) is 0 Å². The lowest BCUT2D eigenvalue weighted by atomic mass is 10.1. The van der Waals surface area contributed by atoms with Gasteiger partial charge in [0.2, 0.25) is 0 Å². The second-order valence-corrected chi connectivity index (χ2v) is 6.74. The third-order valence-electron chi connectivity index (χ3n) is 3.43. The van der Waals surface area contributed by atoms with Gasteiger partial charge in [0.15, 0.2) is 11.5 Å². The number of hydrogen-bond acceptors (Lipinski definition) is 4. The highest BCUT2D eigenvalue weighted by molar-refractivity contribution is 9.10. The molecule has 104 valence electrons. The number of thiophene rings is 1. The SMILES string of the molecule is N#Cc1nc(-c2ccccc2)nc2sc3ccc(Br)cc3c12. The Bertz CT molecular complexity index is 1050. The molecule has 4 aromatic rings. The van der Waals surface area contributed by atoms with Crippen LogP contribution in [0.15, 0.2) is 53.0 Å². The highest BCUT2D eigenvalue weighted by Gasteiger charge is 2.15. The first-order valence-electron chi connectivity index (χ1n) is 6.61. The van der Waals surface area contributed by atoms with E-state index in [4.69, 9.17) is 0 Å². The first-order chi connectivity index (χ1) is 10.8. The Morgan fingerprint density at radius 2 is 1.86 bits per heavy atom. The molecule has 0 fully saturated rings. The number of hydrogen-bond donors (Lipinski definition) is 0. The summed E-state index contributed by atoms with van der Waals surface area (Å²) in [6.07, 6.45) is 0. The van der Waals surface area contributed by atoms with Gasteiger partial charge in [-0.3, -0.25) is 0 Å². The van der Waals surface area contributed by atoms with E-state index < -0.39 is 0 Å². The van der Waals surface area contributed by atoms with Gasteiger partial charge in [-0.2, -0.15) is 5.26 Å². The molecule has 22 heavy (non-hydrogen) atoms. The number of fused-ring (bicyclic) bond motifs is 3. The van der Waals surface area contributed by atoms with Crippen LogP contribution in [-0.2, 0) is 0 Å². The van der Waals surface area contributed by atoms with E-state index in [-0.39, 0.29) is 0 Å². The van der Waals surface area contributed by atoms with Gasteiger partial charge in [-0.05, 0) is 18.2 Å². The minimum absolute atomic E-state index is 0.424. The molecule has 0 saturated heterocycles. The van der Waals surface area contributed by atoms with E-state index in [1.54, 1.807) is 11.3 Å². The molecule has 0 N–H and O–H groups in total. The van der Waals surface area contributed by atoms with Gasteiger partial charge in [0.1, 0.15) is 10.9 Å². The quantitative estimate of drug-likeness (QED) is 0.468. The first-order valence-corrected chi connectivity index (χ1v) is 8.22. The monoisotopic (exact) mass is 365 g/mol. The Kier molecular flexibility index (Phi) is 3.14. The molecule has 0 radical (unpaired) electrons. The van der Waals surface area contributed by atoms with Gasteiger partial charge >= 0.3 is 0 Å². The van der Waals surface area contributed by atoms with Crippen molar-refractivity contribution >= 4 is 47.6 Å². The molecule has 3 nitrogen and oxygen atoms in total. The molecule has 2 heterocycles. The van der Waals surface area contributed by atoms with E-state index in [9.17, 15) is 5.26 Å². The number of halogens is 1. The van der Waals surface area contributed by atoms with Crippen molar-refractivity contribution in [2.24, 2.45) is 0 Å². The van der Waals surface area contributed by atoms with Gasteiger partial charge in [-0.1, -0.05) is 46.3 Å². The maximum absolute atomic E-state index is 9.51. The van der Waals surface area contributed by atoms with Crippen LogP contribution >= 0.6 is 27.3 Å². The van der Waals surface area contributed by atoms with Crippen LogP contribution in [0.2, 0.25) is 0 Å². The second-order valence-electron chi connectivity index (χ2n) is 4.80. The Morgan fingerprint density at radius 3 is 2.64 bits per heavy atom. The smallest absolute Gasteiger partial charge is 0.162 e. The maximum atomic E-state index is 9.51. The second kappa shape index (κ2) is 5.16. The van der Waals surface area contributed by atoms with Crippen molar-refractivity contribution in [3.05, 3.63) is 58.7 Å². The molecular weight excluding hydrogens is 358 g/mol. The molecule has 0 aliphatic carbocycles. The number of nitriles is 1. The fourth-order valence-electron chi connectivity index (χ4n) is 2.44. The van der Waals surface area contributed by atoms with Crippen molar-refractivity contribution < 1.29 is 0 Å². The molecule has 0 spiro atoms. The predicted molar refractivity (Wildman–Crippen MR) is 92.8 cm³/mol. The molecule has 0 aliphatic heterocycles. The van der Waals surface area contributed by atoms with Crippen LogP contribution in [0.25, 0.3) is 31.7 Å². The number of benzene rings is 2. The van der Waals surface area contributed by atoms with Crippen molar-refractivity contribution in [1.82, 2.24) is 9.97 Å². The van der Waals surface area contributed by atoms with Crippen LogP contribution in [0, 0.1) is 11.3 Å². The number of nitrogens with zero attached hydrogens (tertiary/aromatic N) is 3. The van der Waals surface area contributed by atoms with E-state index >= 15 is 0 Å². The van der Waals surface area contributed by atoms with Crippen LogP contribution in [0.5, 0.6) is 0 Å². The summed E-state index contributed by atoms with van der Waals surface area (Å²) in [6, 6.07) is 18.0. The van der Waals surface area contributed by atoms with Gasteiger partial charge in [0.25, 0.3) is 0 Å². The standard InChI is InChI=1S/C17H8BrN3S/c18-11-6-7-14-12(8-11)15-13(9-19)20-16(21-17(15)22-14)10-4-2-1-3-5-10/h1-8H. The molecular formula is C17H8BrN3S. The molecule has 0 amide bonds. The van der Waals surface area contributed by atoms with E-state index in [0.29, 0.717) is 11.5 Å². The molecule has 2 aromatic carbocycles. The summed E-state index contributed by atoms with van der Waals surface area (Å²) in [7, 11) is 0. The van der Waals surface area contributed by atoms with Gasteiger partial charge in [-0.15, -0.1) is 11.3 Å². The lowest BCUT2D eigenvalue weighted by Gasteiger charge is -2.01. The molecule has 0 bridgehead atoms. The largest absolute Gasteiger partial charge is 0.217 e. The highest BCUT2D eigenvalue weighted by Crippen LogP contribution is 2.36. The van der Waals surface area contributed by atoms with Crippen molar-refractivity contribution in [3.8, 4) is 17.5 Å². The van der Waals surface area contributed by atoms with Gasteiger partial charge in [0.05, 0.1) is 5.39 Å². The Labute approximate surface area is 139 Å². The molecule has 2 aromatic heterocycles. The fraction of sp³-hybridized carbons (Fsp3) is 0. The lowest BCUT2D eigenvalue weighted by molar-refractivity contribution is 1.21. The van der Waals surface area contributed by atoms with E-state index in [1.807, 2.05) is 48.5 Å². The molecule has 0 unspecified atom stereocenters. The molecule has 5 heteroatoms. The van der Waals surface area contributed by atoms with Crippen LogP contribution in [0.1, 0.15) is 5.69 Å². The van der Waals surface area contributed by atoms with Crippen LogP contribution in [0.3, 0.4) is 0 Å². The van der Waals surface area contributed by atoms with Gasteiger partial charge < -0.3 is 0 Å². The minimum atomic E-state index is 0.424. The zero-order chi connectivity index (χ0) is 15.1. The third-order valence-corrected chi connectivity index (χ3v) is 4.99. The molecule has 0 aliphatic rings. The fourth-order valence-corrected chi connectivity index (χ4v) is 3.86. The summed E-state index contributed by atoms with van der Waals surface area (Å²) in [6.45, 7) is 0. The number of rotatable bonds is 1. The van der Waals surface area contributed by atoms with Crippen molar-refractivity contribution in [3.63, 3.8) is 0 Å². The van der Waals surface area contributed by atoms with E-state index in [0.717, 1.165) is 30.3 Å².